The minimum absolute atomic E-state index is 0.124. The number of hydrogen-bond acceptors (Lipinski definition) is 4. The Balaban J connectivity index is 2.40. The van der Waals surface area contributed by atoms with E-state index in [1.54, 1.807) is 0 Å². The standard InChI is InChI=1S/C10H14O4/c1-6-4-9(6)10(14-8(3)12)5-13-7(2)11/h9-10H,1,4-5H2,2-3H3/t9-,10+/m0/s1. The predicted octanol–water partition coefficient (Wildman–Crippen LogP) is 1.06. The average molecular weight is 198 g/mol. The van der Waals surface area contributed by atoms with Crippen LogP contribution in [0.5, 0.6) is 0 Å². The largest absolute Gasteiger partial charge is 0.462 e. The van der Waals surface area contributed by atoms with Crippen molar-refractivity contribution in [1.82, 2.24) is 0 Å². The van der Waals surface area contributed by atoms with E-state index in [-0.39, 0.29) is 30.6 Å². The summed E-state index contributed by atoms with van der Waals surface area (Å²) in [5, 5.41) is 0. The Bertz CT molecular complexity index is 269. The molecule has 0 aliphatic heterocycles. The van der Waals surface area contributed by atoms with Crippen molar-refractivity contribution in [2.45, 2.75) is 26.4 Å². The molecule has 0 heterocycles. The second-order valence-electron chi connectivity index (χ2n) is 3.42. The zero-order valence-electron chi connectivity index (χ0n) is 8.41. The van der Waals surface area contributed by atoms with E-state index >= 15 is 0 Å². The van der Waals surface area contributed by atoms with Crippen molar-refractivity contribution in [2.24, 2.45) is 5.92 Å². The number of ether oxygens (including phenoxy) is 2. The maximum Gasteiger partial charge on any atom is 0.303 e. The minimum Gasteiger partial charge on any atom is -0.462 e. The third kappa shape index (κ3) is 3.20. The van der Waals surface area contributed by atoms with Crippen LogP contribution >= 0.6 is 0 Å². The molecule has 1 aliphatic rings. The fourth-order valence-electron chi connectivity index (χ4n) is 1.26. The number of carbonyl (C=O) groups is 2. The number of rotatable bonds is 4. The highest BCUT2D eigenvalue weighted by Crippen LogP contribution is 2.40. The van der Waals surface area contributed by atoms with E-state index in [9.17, 15) is 9.59 Å². The van der Waals surface area contributed by atoms with E-state index in [0.29, 0.717) is 0 Å². The number of hydrogen-bond donors (Lipinski definition) is 0. The van der Waals surface area contributed by atoms with Gasteiger partial charge >= 0.3 is 11.9 Å². The second kappa shape index (κ2) is 4.26. The summed E-state index contributed by atoms with van der Waals surface area (Å²) in [5.74, 6) is -0.562. The fourth-order valence-corrected chi connectivity index (χ4v) is 1.26. The number of carbonyl (C=O) groups excluding carboxylic acids is 2. The van der Waals surface area contributed by atoms with Crippen molar-refractivity contribution in [3.63, 3.8) is 0 Å². The van der Waals surface area contributed by atoms with Crippen LogP contribution in [-0.4, -0.2) is 24.6 Å². The first kappa shape index (κ1) is 10.8. The Labute approximate surface area is 82.9 Å². The molecule has 0 aromatic rings. The summed E-state index contributed by atoms with van der Waals surface area (Å²) >= 11 is 0. The molecular formula is C10H14O4. The van der Waals surface area contributed by atoms with Crippen molar-refractivity contribution in [3.8, 4) is 0 Å². The van der Waals surface area contributed by atoms with Crippen LogP contribution in [0.4, 0.5) is 0 Å². The first-order valence-electron chi connectivity index (χ1n) is 4.49. The molecule has 1 fully saturated rings. The second-order valence-corrected chi connectivity index (χ2v) is 3.42. The third-order valence-corrected chi connectivity index (χ3v) is 2.06. The lowest BCUT2D eigenvalue weighted by Gasteiger charge is -2.15. The highest BCUT2D eigenvalue weighted by molar-refractivity contribution is 5.67. The highest BCUT2D eigenvalue weighted by Gasteiger charge is 2.38. The van der Waals surface area contributed by atoms with Gasteiger partial charge in [0.15, 0.2) is 0 Å². The maximum absolute atomic E-state index is 10.7. The van der Waals surface area contributed by atoms with Gasteiger partial charge in [0.2, 0.25) is 0 Å². The van der Waals surface area contributed by atoms with E-state index in [1.165, 1.54) is 13.8 Å². The van der Waals surface area contributed by atoms with Gasteiger partial charge < -0.3 is 9.47 Å². The molecule has 0 bridgehead atoms. The summed E-state index contributed by atoms with van der Waals surface area (Å²) < 4.78 is 9.82. The van der Waals surface area contributed by atoms with Crippen molar-refractivity contribution in [1.29, 1.82) is 0 Å². The molecule has 78 valence electrons. The molecule has 0 amide bonds. The van der Waals surface area contributed by atoms with Gasteiger partial charge in [-0.25, -0.2) is 0 Å². The molecule has 4 nitrogen and oxygen atoms in total. The van der Waals surface area contributed by atoms with Gasteiger partial charge in [-0.3, -0.25) is 9.59 Å². The Morgan fingerprint density at radius 1 is 1.50 bits per heavy atom. The first-order valence-corrected chi connectivity index (χ1v) is 4.49. The van der Waals surface area contributed by atoms with Crippen LogP contribution in [-0.2, 0) is 19.1 Å². The normalized spacial score (nSPS) is 21.3. The average Bonchev–Trinajstić information content (AvgIpc) is 2.75. The van der Waals surface area contributed by atoms with Gasteiger partial charge in [0.05, 0.1) is 0 Å². The van der Waals surface area contributed by atoms with Crippen LogP contribution in [0.25, 0.3) is 0 Å². The number of esters is 2. The zero-order valence-corrected chi connectivity index (χ0v) is 8.41. The van der Waals surface area contributed by atoms with Crippen molar-refractivity contribution < 1.29 is 19.1 Å². The summed E-state index contributed by atoms with van der Waals surface area (Å²) in [6.07, 6.45) is 0.489. The van der Waals surface area contributed by atoms with Crippen LogP contribution in [0.1, 0.15) is 20.3 Å². The third-order valence-electron chi connectivity index (χ3n) is 2.06. The molecule has 0 radical (unpaired) electrons. The van der Waals surface area contributed by atoms with Crippen LogP contribution < -0.4 is 0 Å². The zero-order chi connectivity index (χ0) is 10.7. The van der Waals surface area contributed by atoms with Crippen molar-refractivity contribution in [3.05, 3.63) is 12.2 Å². The lowest BCUT2D eigenvalue weighted by molar-refractivity contribution is -0.157. The summed E-state index contributed by atoms with van der Waals surface area (Å²) in [6, 6.07) is 0. The van der Waals surface area contributed by atoms with E-state index in [0.717, 1.165) is 12.0 Å². The minimum atomic E-state index is -0.367. The van der Waals surface area contributed by atoms with Crippen molar-refractivity contribution >= 4 is 11.9 Å². The van der Waals surface area contributed by atoms with Crippen LogP contribution in [0, 0.1) is 5.92 Å². The van der Waals surface area contributed by atoms with E-state index < -0.39 is 0 Å². The molecule has 0 aromatic carbocycles. The van der Waals surface area contributed by atoms with Gasteiger partial charge in [-0.05, 0) is 6.42 Å². The molecule has 1 rings (SSSR count). The van der Waals surface area contributed by atoms with Crippen LogP contribution in [0.2, 0.25) is 0 Å². The topological polar surface area (TPSA) is 52.6 Å². The van der Waals surface area contributed by atoms with Gasteiger partial charge in [0, 0.05) is 19.8 Å². The summed E-state index contributed by atoms with van der Waals surface area (Å²) in [5.41, 5.74) is 1.04. The molecule has 2 atom stereocenters. The highest BCUT2D eigenvalue weighted by atomic mass is 16.6. The molecule has 1 saturated carbocycles. The Morgan fingerprint density at radius 2 is 2.07 bits per heavy atom. The fraction of sp³-hybridized carbons (Fsp3) is 0.600. The van der Waals surface area contributed by atoms with Gasteiger partial charge in [-0.1, -0.05) is 12.2 Å². The van der Waals surface area contributed by atoms with Crippen molar-refractivity contribution in [2.75, 3.05) is 6.61 Å². The van der Waals surface area contributed by atoms with E-state index in [2.05, 4.69) is 6.58 Å². The van der Waals surface area contributed by atoms with Gasteiger partial charge in [0.1, 0.15) is 12.7 Å². The smallest absolute Gasteiger partial charge is 0.303 e. The molecule has 0 spiro atoms. The van der Waals surface area contributed by atoms with E-state index in [1.807, 2.05) is 0 Å². The monoisotopic (exact) mass is 198 g/mol. The molecule has 1 aliphatic carbocycles. The molecule has 4 heteroatoms. The molecule has 0 saturated heterocycles. The molecule has 0 N–H and O–H groups in total. The van der Waals surface area contributed by atoms with Gasteiger partial charge in [-0.2, -0.15) is 0 Å². The quantitative estimate of drug-likeness (QED) is 0.500. The Morgan fingerprint density at radius 3 is 2.43 bits per heavy atom. The van der Waals surface area contributed by atoms with Gasteiger partial charge in [-0.15, -0.1) is 0 Å². The predicted molar refractivity (Wildman–Crippen MR) is 49.4 cm³/mol. The SMILES string of the molecule is C=C1C[C@@H]1[C@@H](COC(C)=O)OC(C)=O. The summed E-state index contributed by atoms with van der Waals surface area (Å²) in [4.78, 5) is 21.3. The summed E-state index contributed by atoms with van der Waals surface area (Å²) in [6.45, 7) is 6.56. The molecule has 0 aromatic heterocycles. The lowest BCUT2D eigenvalue weighted by atomic mass is 10.2. The van der Waals surface area contributed by atoms with Crippen LogP contribution in [0.15, 0.2) is 12.2 Å². The molecule has 14 heavy (non-hydrogen) atoms. The molecular weight excluding hydrogens is 184 g/mol. The van der Waals surface area contributed by atoms with Crippen LogP contribution in [0.3, 0.4) is 0 Å². The van der Waals surface area contributed by atoms with E-state index in [4.69, 9.17) is 9.47 Å². The Kier molecular flexibility index (Phi) is 3.28. The molecule has 0 unspecified atom stereocenters. The van der Waals surface area contributed by atoms with Gasteiger partial charge in [0.25, 0.3) is 0 Å². The maximum atomic E-state index is 10.7. The summed E-state index contributed by atoms with van der Waals surface area (Å²) in [7, 11) is 0. The Hall–Kier alpha value is -1.32. The lowest BCUT2D eigenvalue weighted by Crippen LogP contribution is -2.25. The first-order chi connectivity index (χ1) is 6.50.